The molecule has 0 radical (unpaired) electrons. The summed E-state index contributed by atoms with van der Waals surface area (Å²) in [6.45, 7) is 2.90. The van der Waals surface area contributed by atoms with Crippen molar-refractivity contribution < 1.29 is 22.4 Å². The van der Waals surface area contributed by atoms with E-state index in [0.29, 0.717) is 34.8 Å². The van der Waals surface area contributed by atoms with Crippen molar-refractivity contribution in [3.8, 4) is 5.75 Å². The summed E-state index contributed by atoms with van der Waals surface area (Å²) in [4.78, 5) is 14.9. The number of hydrogen-bond donors (Lipinski definition) is 0. The molecule has 3 rings (SSSR count). The Hall–Kier alpha value is -1.80. The summed E-state index contributed by atoms with van der Waals surface area (Å²) in [5.74, 6) is 1.09. The zero-order chi connectivity index (χ0) is 20.1. The van der Waals surface area contributed by atoms with Crippen molar-refractivity contribution in [3.05, 3.63) is 52.4 Å². The standard InChI is InChI=1S/C20H24BrNO5S/c1-2-3-10-26-17-6-4-5-15(12-17)20(23)22(13-18-7-8-19(21)27-18)16-9-11-28(24,25)14-16/h4-8,12,16H,2-3,9-11,13-14H2,1H3. The van der Waals surface area contributed by atoms with E-state index in [1.807, 2.05) is 6.07 Å². The predicted molar refractivity (Wildman–Crippen MR) is 110 cm³/mol. The van der Waals surface area contributed by atoms with Gasteiger partial charge in [-0.25, -0.2) is 8.42 Å². The molecule has 0 aliphatic carbocycles. The van der Waals surface area contributed by atoms with E-state index in [9.17, 15) is 13.2 Å². The number of hydrogen-bond acceptors (Lipinski definition) is 5. The Morgan fingerprint density at radius 2 is 2.14 bits per heavy atom. The molecule has 1 amide bonds. The average Bonchev–Trinajstić information content (AvgIpc) is 3.24. The number of nitrogens with zero attached hydrogens (tertiary/aromatic N) is 1. The third-order valence-electron chi connectivity index (χ3n) is 4.71. The van der Waals surface area contributed by atoms with Gasteiger partial charge in [-0.3, -0.25) is 4.79 Å². The summed E-state index contributed by atoms with van der Waals surface area (Å²) in [6, 6.07) is 10.2. The van der Waals surface area contributed by atoms with E-state index in [0.717, 1.165) is 12.8 Å². The highest BCUT2D eigenvalue weighted by Gasteiger charge is 2.35. The van der Waals surface area contributed by atoms with Crippen LogP contribution in [0.4, 0.5) is 0 Å². The number of furan rings is 1. The second-order valence-electron chi connectivity index (χ2n) is 6.93. The van der Waals surface area contributed by atoms with Crippen molar-refractivity contribution in [2.75, 3.05) is 18.1 Å². The molecule has 1 atom stereocenters. The lowest BCUT2D eigenvalue weighted by atomic mass is 10.1. The van der Waals surface area contributed by atoms with Crippen LogP contribution in [0.15, 0.2) is 45.5 Å². The second kappa shape index (κ2) is 9.13. The van der Waals surface area contributed by atoms with Gasteiger partial charge in [0.15, 0.2) is 14.5 Å². The zero-order valence-electron chi connectivity index (χ0n) is 15.8. The molecule has 1 aliphatic rings. The molecule has 0 saturated carbocycles. The smallest absolute Gasteiger partial charge is 0.254 e. The van der Waals surface area contributed by atoms with E-state index < -0.39 is 9.84 Å². The SMILES string of the molecule is CCCCOc1cccc(C(=O)N(Cc2ccc(Br)o2)C2CCS(=O)(=O)C2)c1. The van der Waals surface area contributed by atoms with Gasteiger partial charge < -0.3 is 14.1 Å². The molecule has 6 nitrogen and oxygen atoms in total. The van der Waals surface area contributed by atoms with Crippen LogP contribution in [0.3, 0.4) is 0 Å². The molecule has 1 aliphatic heterocycles. The molecule has 8 heteroatoms. The number of halogens is 1. The van der Waals surface area contributed by atoms with Gasteiger partial charge in [0.05, 0.1) is 24.7 Å². The largest absolute Gasteiger partial charge is 0.494 e. The fourth-order valence-electron chi connectivity index (χ4n) is 3.21. The van der Waals surface area contributed by atoms with Crippen LogP contribution in [0, 0.1) is 0 Å². The van der Waals surface area contributed by atoms with Gasteiger partial charge in [-0.2, -0.15) is 0 Å². The molecule has 1 aromatic carbocycles. The molecule has 0 N–H and O–H groups in total. The zero-order valence-corrected chi connectivity index (χ0v) is 18.2. The molecule has 1 aromatic heterocycles. The lowest BCUT2D eigenvalue weighted by Crippen LogP contribution is -2.40. The minimum Gasteiger partial charge on any atom is -0.494 e. The number of ether oxygens (including phenoxy) is 1. The van der Waals surface area contributed by atoms with Crippen LogP contribution in [0.2, 0.25) is 0 Å². The highest BCUT2D eigenvalue weighted by molar-refractivity contribution is 9.10. The normalized spacial score (nSPS) is 18.1. The summed E-state index contributed by atoms with van der Waals surface area (Å²) < 4.78 is 35.8. The lowest BCUT2D eigenvalue weighted by Gasteiger charge is -2.27. The molecule has 1 saturated heterocycles. The van der Waals surface area contributed by atoms with Gasteiger partial charge in [0.1, 0.15) is 11.5 Å². The Morgan fingerprint density at radius 1 is 1.32 bits per heavy atom. The van der Waals surface area contributed by atoms with Crippen LogP contribution in [-0.2, 0) is 16.4 Å². The summed E-state index contributed by atoms with van der Waals surface area (Å²) in [5, 5.41) is 0. The van der Waals surface area contributed by atoms with Crippen LogP contribution in [-0.4, -0.2) is 43.4 Å². The Morgan fingerprint density at radius 3 is 2.79 bits per heavy atom. The minimum absolute atomic E-state index is 0.0205. The van der Waals surface area contributed by atoms with Gasteiger partial charge in [0, 0.05) is 11.6 Å². The summed E-state index contributed by atoms with van der Waals surface area (Å²) >= 11 is 3.26. The maximum Gasteiger partial charge on any atom is 0.254 e. The third-order valence-corrected chi connectivity index (χ3v) is 6.89. The number of carbonyl (C=O) groups excluding carboxylic acids is 1. The maximum atomic E-state index is 13.3. The summed E-state index contributed by atoms with van der Waals surface area (Å²) in [5.41, 5.74) is 0.476. The average molecular weight is 470 g/mol. The van der Waals surface area contributed by atoms with Crippen LogP contribution < -0.4 is 4.74 Å². The Kier molecular flexibility index (Phi) is 6.82. The molecule has 28 heavy (non-hydrogen) atoms. The van der Waals surface area contributed by atoms with Crippen LogP contribution >= 0.6 is 15.9 Å². The predicted octanol–water partition coefficient (Wildman–Crippen LogP) is 4.05. The number of sulfone groups is 1. The molecule has 1 fully saturated rings. The van der Waals surface area contributed by atoms with E-state index in [2.05, 4.69) is 22.9 Å². The fourth-order valence-corrected chi connectivity index (χ4v) is 5.28. The van der Waals surface area contributed by atoms with Crippen LogP contribution in [0.25, 0.3) is 0 Å². The Labute approximate surface area is 173 Å². The van der Waals surface area contributed by atoms with E-state index >= 15 is 0 Å². The number of unbranched alkanes of at least 4 members (excludes halogenated alkanes) is 1. The van der Waals surface area contributed by atoms with Crippen LogP contribution in [0.5, 0.6) is 5.75 Å². The van der Waals surface area contributed by atoms with Gasteiger partial charge >= 0.3 is 0 Å². The second-order valence-corrected chi connectivity index (χ2v) is 9.94. The first kappa shape index (κ1) is 20.9. The van der Waals surface area contributed by atoms with Crippen molar-refractivity contribution in [2.45, 2.75) is 38.8 Å². The molecule has 152 valence electrons. The molecular weight excluding hydrogens is 446 g/mol. The van der Waals surface area contributed by atoms with Gasteiger partial charge in [-0.1, -0.05) is 19.4 Å². The van der Waals surface area contributed by atoms with E-state index in [1.165, 1.54) is 0 Å². The molecule has 1 unspecified atom stereocenters. The fraction of sp³-hybridized carbons (Fsp3) is 0.450. The lowest BCUT2D eigenvalue weighted by molar-refractivity contribution is 0.0665. The van der Waals surface area contributed by atoms with Crippen molar-refractivity contribution in [2.24, 2.45) is 0 Å². The third kappa shape index (κ3) is 5.38. The van der Waals surface area contributed by atoms with Gasteiger partial charge in [0.25, 0.3) is 5.91 Å². The molecule has 2 aromatic rings. The Bertz CT molecular complexity index is 924. The van der Waals surface area contributed by atoms with Crippen molar-refractivity contribution in [3.63, 3.8) is 0 Å². The molecule has 2 heterocycles. The number of amides is 1. The number of benzene rings is 1. The van der Waals surface area contributed by atoms with E-state index in [-0.39, 0.29) is 30.0 Å². The van der Waals surface area contributed by atoms with Crippen molar-refractivity contribution in [1.29, 1.82) is 0 Å². The van der Waals surface area contributed by atoms with Gasteiger partial charge in [-0.15, -0.1) is 0 Å². The molecule has 0 spiro atoms. The summed E-state index contributed by atoms with van der Waals surface area (Å²) in [7, 11) is -3.12. The highest BCUT2D eigenvalue weighted by atomic mass is 79.9. The quantitative estimate of drug-likeness (QED) is 0.544. The topological polar surface area (TPSA) is 76.8 Å². The Balaban J connectivity index is 1.82. The number of carbonyl (C=O) groups is 1. The van der Waals surface area contributed by atoms with E-state index in [1.54, 1.807) is 35.2 Å². The molecular formula is C20H24BrNO5S. The summed E-state index contributed by atoms with van der Waals surface area (Å²) in [6.07, 6.45) is 2.40. The molecule has 0 bridgehead atoms. The number of rotatable bonds is 8. The first-order chi connectivity index (χ1) is 13.4. The van der Waals surface area contributed by atoms with Crippen molar-refractivity contribution in [1.82, 2.24) is 4.90 Å². The monoisotopic (exact) mass is 469 g/mol. The van der Waals surface area contributed by atoms with E-state index in [4.69, 9.17) is 9.15 Å². The highest BCUT2D eigenvalue weighted by Crippen LogP contribution is 2.25. The minimum atomic E-state index is -3.12. The van der Waals surface area contributed by atoms with Crippen LogP contribution in [0.1, 0.15) is 42.3 Å². The first-order valence-corrected chi connectivity index (χ1v) is 12.0. The maximum absolute atomic E-state index is 13.3. The van der Waals surface area contributed by atoms with Gasteiger partial charge in [-0.05, 0) is 59.1 Å². The van der Waals surface area contributed by atoms with Crippen molar-refractivity contribution >= 4 is 31.7 Å². The first-order valence-electron chi connectivity index (χ1n) is 9.36. The van der Waals surface area contributed by atoms with Gasteiger partial charge in [0.2, 0.25) is 0 Å².